The maximum atomic E-state index is 12.8. The van der Waals surface area contributed by atoms with Gasteiger partial charge in [0.25, 0.3) is 0 Å². The molecule has 0 heterocycles. The molecule has 12 heavy (non-hydrogen) atoms. The molecule has 0 amide bonds. The fraction of sp³-hybridized carbons (Fsp3) is 0.125. The maximum Gasteiger partial charge on any atom is 0.169 e. The summed E-state index contributed by atoms with van der Waals surface area (Å²) in [6.45, 7) is 1.18. The second-order valence-electron chi connectivity index (χ2n) is 2.31. The summed E-state index contributed by atoms with van der Waals surface area (Å²) in [6.07, 6.45) is 0. The van der Waals surface area contributed by atoms with Crippen LogP contribution in [0, 0.1) is 11.6 Å². The molecule has 0 saturated carbocycles. The van der Waals surface area contributed by atoms with Crippen LogP contribution in [0.1, 0.15) is 17.3 Å². The van der Waals surface area contributed by atoms with Crippen molar-refractivity contribution in [2.24, 2.45) is 0 Å². The standard InChI is InChI=1S/C8H5BrF2O/c1-4(12)6-2-5(9)3-7(10)8(6)11/h2-3H,1H3. The van der Waals surface area contributed by atoms with Crippen molar-refractivity contribution in [3.63, 3.8) is 0 Å². The molecule has 1 nitrogen and oxygen atoms in total. The topological polar surface area (TPSA) is 17.1 Å². The minimum Gasteiger partial charge on any atom is -0.294 e. The fourth-order valence-electron chi connectivity index (χ4n) is 0.812. The summed E-state index contributed by atoms with van der Waals surface area (Å²) in [5, 5.41) is 0. The Morgan fingerprint density at radius 1 is 1.42 bits per heavy atom. The molecule has 0 atom stereocenters. The van der Waals surface area contributed by atoms with E-state index >= 15 is 0 Å². The third-order valence-electron chi connectivity index (χ3n) is 1.37. The quantitative estimate of drug-likeness (QED) is 0.540. The van der Waals surface area contributed by atoms with E-state index in [4.69, 9.17) is 0 Å². The molecule has 0 saturated heterocycles. The Bertz CT molecular complexity index is 336. The van der Waals surface area contributed by atoms with Crippen molar-refractivity contribution in [2.75, 3.05) is 0 Å². The molecular formula is C8H5BrF2O. The Labute approximate surface area is 76.5 Å². The van der Waals surface area contributed by atoms with E-state index < -0.39 is 17.4 Å². The lowest BCUT2D eigenvalue weighted by molar-refractivity contribution is 0.101. The number of Topliss-reactive ketones (excluding diaryl/α,β-unsaturated/α-hetero) is 1. The molecule has 0 radical (unpaired) electrons. The summed E-state index contributed by atoms with van der Waals surface area (Å²) in [5.41, 5.74) is -0.234. The summed E-state index contributed by atoms with van der Waals surface area (Å²) < 4.78 is 25.8. The molecule has 0 aliphatic heterocycles. The largest absolute Gasteiger partial charge is 0.294 e. The van der Waals surface area contributed by atoms with Crippen molar-refractivity contribution in [3.8, 4) is 0 Å². The summed E-state index contributed by atoms with van der Waals surface area (Å²) in [7, 11) is 0. The number of hydrogen-bond acceptors (Lipinski definition) is 1. The summed E-state index contributed by atoms with van der Waals surface area (Å²) >= 11 is 2.96. The average Bonchev–Trinajstić information content (AvgIpc) is 1.96. The molecule has 1 aromatic carbocycles. The Morgan fingerprint density at radius 2 is 2.00 bits per heavy atom. The minimum absolute atomic E-state index is 0.234. The van der Waals surface area contributed by atoms with Gasteiger partial charge in [-0.15, -0.1) is 0 Å². The molecule has 4 heteroatoms. The van der Waals surface area contributed by atoms with Gasteiger partial charge in [0.2, 0.25) is 0 Å². The predicted molar refractivity (Wildman–Crippen MR) is 44.1 cm³/mol. The van der Waals surface area contributed by atoms with Crippen LogP contribution in [0.3, 0.4) is 0 Å². The molecular weight excluding hydrogens is 230 g/mol. The van der Waals surface area contributed by atoms with Crippen LogP contribution in [-0.4, -0.2) is 5.78 Å². The molecule has 0 bridgehead atoms. The highest BCUT2D eigenvalue weighted by atomic mass is 79.9. The zero-order chi connectivity index (χ0) is 9.30. The molecule has 0 unspecified atom stereocenters. The van der Waals surface area contributed by atoms with Crippen LogP contribution in [0.5, 0.6) is 0 Å². The number of ketones is 1. The Morgan fingerprint density at radius 3 is 2.50 bits per heavy atom. The van der Waals surface area contributed by atoms with E-state index in [0.717, 1.165) is 6.07 Å². The van der Waals surface area contributed by atoms with Crippen molar-refractivity contribution in [1.29, 1.82) is 0 Å². The van der Waals surface area contributed by atoms with Crippen molar-refractivity contribution in [1.82, 2.24) is 0 Å². The average molecular weight is 235 g/mol. The molecule has 0 aromatic heterocycles. The molecule has 0 fully saturated rings. The highest BCUT2D eigenvalue weighted by molar-refractivity contribution is 9.10. The van der Waals surface area contributed by atoms with Crippen LogP contribution in [0.25, 0.3) is 0 Å². The molecule has 1 rings (SSSR count). The van der Waals surface area contributed by atoms with Gasteiger partial charge in [0.05, 0.1) is 5.56 Å². The smallest absolute Gasteiger partial charge is 0.169 e. The third-order valence-corrected chi connectivity index (χ3v) is 1.83. The number of carbonyl (C=O) groups is 1. The number of halogens is 3. The lowest BCUT2D eigenvalue weighted by Crippen LogP contribution is -1.99. The van der Waals surface area contributed by atoms with Crippen molar-refractivity contribution in [3.05, 3.63) is 33.8 Å². The van der Waals surface area contributed by atoms with E-state index in [9.17, 15) is 13.6 Å². The van der Waals surface area contributed by atoms with Gasteiger partial charge in [-0.2, -0.15) is 0 Å². The molecule has 1 aromatic rings. The third kappa shape index (κ3) is 1.69. The van der Waals surface area contributed by atoms with Gasteiger partial charge in [-0.05, 0) is 19.1 Å². The molecule has 0 N–H and O–H groups in total. The first-order valence-corrected chi connectivity index (χ1v) is 3.97. The second kappa shape index (κ2) is 3.31. The van der Waals surface area contributed by atoms with Gasteiger partial charge in [-0.25, -0.2) is 8.78 Å². The SMILES string of the molecule is CC(=O)c1cc(Br)cc(F)c1F. The van der Waals surface area contributed by atoms with Gasteiger partial charge >= 0.3 is 0 Å². The van der Waals surface area contributed by atoms with Crippen molar-refractivity contribution in [2.45, 2.75) is 6.92 Å². The van der Waals surface area contributed by atoms with Gasteiger partial charge in [-0.3, -0.25) is 4.79 Å². The van der Waals surface area contributed by atoms with Crippen LogP contribution in [-0.2, 0) is 0 Å². The van der Waals surface area contributed by atoms with Crippen LogP contribution in [0.2, 0.25) is 0 Å². The van der Waals surface area contributed by atoms with Crippen molar-refractivity contribution < 1.29 is 13.6 Å². The van der Waals surface area contributed by atoms with E-state index in [0.29, 0.717) is 4.47 Å². The highest BCUT2D eigenvalue weighted by Crippen LogP contribution is 2.19. The predicted octanol–water partition coefficient (Wildman–Crippen LogP) is 2.93. The Hall–Kier alpha value is -0.770. The van der Waals surface area contributed by atoms with E-state index in [1.165, 1.54) is 13.0 Å². The first-order valence-electron chi connectivity index (χ1n) is 3.18. The van der Waals surface area contributed by atoms with E-state index in [2.05, 4.69) is 15.9 Å². The molecule has 0 spiro atoms. The van der Waals surface area contributed by atoms with Gasteiger partial charge in [0.1, 0.15) is 0 Å². The van der Waals surface area contributed by atoms with Crippen LogP contribution < -0.4 is 0 Å². The summed E-state index contributed by atoms with van der Waals surface area (Å²) in [6, 6.07) is 2.22. The summed E-state index contributed by atoms with van der Waals surface area (Å²) in [5.74, 6) is -2.60. The highest BCUT2D eigenvalue weighted by Gasteiger charge is 2.12. The van der Waals surface area contributed by atoms with Gasteiger partial charge in [-0.1, -0.05) is 15.9 Å². The normalized spacial score (nSPS) is 10.0. The lowest BCUT2D eigenvalue weighted by Gasteiger charge is -2.00. The van der Waals surface area contributed by atoms with E-state index in [1.807, 2.05) is 0 Å². The number of benzene rings is 1. The lowest BCUT2D eigenvalue weighted by atomic mass is 10.1. The van der Waals surface area contributed by atoms with Crippen LogP contribution >= 0.6 is 15.9 Å². The van der Waals surface area contributed by atoms with Crippen LogP contribution in [0.15, 0.2) is 16.6 Å². The number of carbonyl (C=O) groups excluding carboxylic acids is 1. The minimum atomic E-state index is -1.09. The Kier molecular flexibility index (Phi) is 2.57. The first-order chi connectivity index (χ1) is 5.52. The Balaban J connectivity index is 3.37. The number of hydrogen-bond donors (Lipinski definition) is 0. The van der Waals surface area contributed by atoms with E-state index in [-0.39, 0.29) is 5.56 Å². The first kappa shape index (κ1) is 9.32. The fourth-order valence-corrected chi connectivity index (χ4v) is 1.24. The number of rotatable bonds is 1. The van der Waals surface area contributed by atoms with Gasteiger partial charge in [0, 0.05) is 4.47 Å². The zero-order valence-electron chi connectivity index (χ0n) is 6.20. The van der Waals surface area contributed by atoms with Crippen LogP contribution in [0.4, 0.5) is 8.78 Å². The van der Waals surface area contributed by atoms with Crippen molar-refractivity contribution >= 4 is 21.7 Å². The monoisotopic (exact) mass is 234 g/mol. The molecule has 64 valence electrons. The second-order valence-corrected chi connectivity index (χ2v) is 3.22. The zero-order valence-corrected chi connectivity index (χ0v) is 7.78. The van der Waals surface area contributed by atoms with Gasteiger partial charge < -0.3 is 0 Å². The maximum absolute atomic E-state index is 12.8. The summed E-state index contributed by atoms with van der Waals surface area (Å²) in [4.78, 5) is 10.7. The molecule has 0 aliphatic carbocycles. The van der Waals surface area contributed by atoms with Gasteiger partial charge in [0.15, 0.2) is 17.4 Å². The van der Waals surface area contributed by atoms with E-state index in [1.54, 1.807) is 0 Å². The molecule has 0 aliphatic rings.